The summed E-state index contributed by atoms with van der Waals surface area (Å²) in [5, 5.41) is 33.0. The summed E-state index contributed by atoms with van der Waals surface area (Å²) >= 11 is 0. The van der Waals surface area contributed by atoms with Crippen LogP contribution >= 0.6 is 0 Å². The van der Waals surface area contributed by atoms with E-state index in [9.17, 15) is 10.2 Å². The van der Waals surface area contributed by atoms with Crippen LogP contribution in [0.1, 0.15) is 17.5 Å². The van der Waals surface area contributed by atoms with E-state index < -0.39 is 24.4 Å². The summed E-state index contributed by atoms with van der Waals surface area (Å²) in [7, 11) is 0. The highest BCUT2D eigenvalue weighted by atomic mass is 16.6. The molecule has 7 nitrogen and oxygen atoms in total. The number of nitrogens with zero attached hydrogens (tertiary/aromatic N) is 3. The summed E-state index contributed by atoms with van der Waals surface area (Å²) in [5.41, 5.74) is 2.26. The average Bonchev–Trinajstić information content (AvgIpc) is 2.94. The van der Waals surface area contributed by atoms with Gasteiger partial charge in [0.2, 0.25) is 0 Å². The lowest BCUT2D eigenvalue weighted by atomic mass is 10.1. The molecule has 7 heteroatoms. The summed E-state index contributed by atoms with van der Waals surface area (Å²) in [4.78, 5) is 4.09. The van der Waals surface area contributed by atoms with Crippen molar-refractivity contribution in [1.29, 1.82) is 0 Å². The minimum Gasteiger partial charge on any atom is -0.394 e. The van der Waals surface area contributed by atoms with E-state index in [4.69, 9.17) is 9.84 Å². The SMILES string of the molecule is Cc1ncnn2c([C@@H]3O[C@H](CO)[C@@H](O)[C@H]3O)ccc12. The van der Waals surface area contributed by atoms with Crippen LogP contribution < -0.4 is 0 Å². The smallest absolute Gasteiger partial charge is 0.136 e. The molecule has 19 heavy (non-hydrogen) atoms. The molecule has 0 aromatic carbocycles. The average molecular weight is 265 g/mol. The minimum atomic E-state index is -1.11. The molecular formula is C12H15N3O4. The minimum absolute atomic E-state index is 0.341. The first-order valence-corrected chi connectivity index (χ1v) is 6.05. The fourth-order valence-electron chi connectivity index (χ4n) is 2.44. The van der Waals surface area contributed by atoms with Crippen molar-refractivity contribution in [3.8, 4) is 0 Å². The van der Waals surface area contributed by atoms with Crippen LogP contribution in [0.15, 0.2) is 18.5 Å². The van der Waals surface area contributed by atoms with Gasteiger partial charge < -0.3 is 20.1 Å². The van der Waals surface area contributed by atoms with Crippen LogP contribution in [0.4, 0.5) is 0 Å². The topological polar surface area (TPSA) is 100 Å². The molecule has 1 aliphatic rings. The molecular weight excluding hydrogens is 250 g/mol. The maximum atomic E-state index is 10.0. The Labute approximate surface area is 109 Å². The van der Waals surface area contributed by atoms with Crippen LogP contribution in [0.2, 0.25) is 0 Å². The lowest BCUT2D eigenvalue weighted by Gasteiger charge is -2.14. The fourth-order valence-corrected chi connectivity index (χ4v) is 2.44. The number of aliphatic hydroxyl groups is 3. The molecule has 0 aliphatic carbocycles. The first-order valence-electron chi connectivity index (χ1n) is 6.05. The second-order valence-electron chi connectivity index (χ2n) is 4.66. The van der Waals surface area contributed by atoms with Crippen molar-refractivity contribution in [3.05, 3.63) is 29.8 Å². The molecule has 0 bridgehead atoms. The molecule has 3 N–H and O–H groups in total. The second-order valence-corrected chi connectivity index (χ2v) is 4.66. The molecule has 1 fully saturated rings. The maximum Gasteiger partial charge on any atom is 0.136 e. The van der Waals surface area contributed by atoms with Gasteiger partial charge in [-0.3, -0.25) is 0 Å². The predicted molar refractivity (Wildman–Crippen MR) is 64.4 cm³/mol. The monoisotopic (exact) mass is 265 g/mol. The number of hydrogen-bond acceptors (Lipinski definition) is 6. The van der Waals surface area contributed by atoms with Gasteiger partial charge in [-0.2, -0.15) is 5.10 Å². The molecule has 0 spiro atoms. The summed E-state index contributed by atoms with van der Waals surface area (Å²) in [6.07, 6.45) is -2.28. The van der Waals surface area contributed by atoms with E-state index in [1.807, 2.05) is 13.0 Å². The third kappa shape index (κ3) is 1.82. The van der Waals surface area contributed by atoms with Gasteiger partial charge in [0.1, 0.15) is 30.7 Å². The Morgan fingerprint density at radius 3 is 2.79 bits per heavy atom. The van der Waals surface area contributed by atoms with Crippen molar-refractivity contribution >= 4 is 5.52 Å². The highest BCUT2D eigenvalue weighted by molar-refractivity contribution is 5.52. The van der Waals surface area contributed by atoms with E-state index >= 15 is 0 Å². The summed E-state index contributed by atoms with van der Waals surface area (Å²) in [6.45, 7) is 1.52. The van der Waals surface area contributed by atoms with Crippen LogP contribution in [-0.4, -0.2) is 54.8 Å². The molecule has 0 unspecified atom stereocenters. The molecule has 1 saturated heterocycles. The molecule has 0 saturated carbocycles. The van der Waals surface area contributed by atoms with E-state index in [1.54, 1.807) is 10.6 Å². The lowest BCUT2D eigenvalue weighted by molar-refractivity contribution is -0.0244. The van der Waals surface area contributed by atoms with E-state index in [2.05, 4.69) is 10.1 Å². The largest absolute Gasteiger partial charge is 0.394 e. The first-order chi connectivity index (χ1) is 9.13. The van der Waals surface area contributed by atoms with Crippen molar-refractivity contribution < 1.29 is 20.1 Å². The van der Waals surface area contributed by atoms with Gasteiger partial charge in [-0.05, 0) is 19.1 Å². The second kappa shape index (κ2) is 4.53. The molecule has 102 valence electrons. The molecule has 3 rings (SSSR count). The molecule has 2 aromatic heterocycles. The maximum absolute atomic E-state index is 10.0. The van der Waals surface area contributed by atoms with Crippen molar-refractivity contribution in [2.75, 3.05) is 6.61 Å². The Morgan fingerprint density at radius 2 is 2.11 bits per heavy atom. The van der Waals surface area contributed by atoms with Crippen LogP contribution in [0.3, 0.4) is 0 Å². The molecule has 0 amide bonds. The lowest BCUT2D eigenvalue weighted by Crippen LogP contribution is -2.32. The van der Waals surface area contributed by atoms with Gasteiger partial charge in [-0.1, -0.05) is 0 Å². The van der Waals surface area contributed by atoms with Gasteiger partial charge >= 0.3 is 0 Å². The van der Waals surface area contributed by atoms with E-state index in [0.717, 1.165) is 11.2 Å². The number of fused-ring (bicyclic) bond motifs is 1. The summed E-state index contributed by atoms with van der Waals surface area (Å²) in [6, 6.07) is 3.61. The fraction of sp³-hybridized carbons (Fsp3) is 0.500. The third-order valence-electron chi connectivity index (χ3n) is 3.51. The van der Waals surface area contributed by atoms with Crippen LogP contribution in [0.5, 0.6) is 0 Å². The highest BCUT2D eigenvalue weighted by Crippen LogP contribution is 2.34. The summed E-state index contributed by atoms with van der Waals surface area (Å²) in [5.74, 6) is 0. The molecule has 3 heterocycles. The van der Waals surface area contributed by atoms with Gasteiger partial charge in [-0.15, -0.1) is 0 Å². The third-order valence-corrected chi connectivity index (χ3v) is 3.51. The van der Waals surface area contributed by atoms with Gasteiger partial charge in [0.15, 0.2) is 0 Å². The van der Waals surface area contributed by atoms with Gasteiger partial charge in [0, 0.05) is 0 Å². The summed E-state index contributed by atoms with van der Waals surface area (Å²) < 4.78 is 7.12. The number of aryl methyl sites for hydroxylation is 1. The Hall–Kier alpha value is -1.54. The number of hydrogen-bond donors (Lipinski definition) is 3. The molecule has 4 atom stereocenters. The first kappa shape index (κ1) is 12.5. The Balaban J connectivity index is 2.04. The highest BCUT2D eigenvalue weighted by Gasteiger charge is 2.44. The van der Waals surface area contributed by atoms with Crippen molar-refractivity contribution in [1.82, 2.24) is 14.6 Å². The quantitative estimate of drug-likeness (QED) is 0.657. The van der Waals surface area contributed by atoms with Crippen LogP contribution in [-0.2, 0) is 4.74 Å². The number of aromatic nitrogens is 3. The predicted octanol–water partition coefficient (Wildman–Crippen LogP) is -0.808. The van der Waals surface area contributed by atoms with Crippen molar-refractivity contribution in [3.63, 3.8) is 0 Å². The van der Waals surface area contributed by atoms with Crippen LogP contribution in [0, 0.1) is 6.92 Å². The molecule has 0 radical (unpaired) electrons. The normalized spacial score (nSPS) is 31.2. The van der Waals surface area contributed by atoms with E-state index in [1.165, 1.54) is 6.33 Å². The molecule has 1 aliphatic heterocycles. The molecule has 2 aromatic rings. The Bertz CT molecular complexity index is 600. The number of aliphatic hydroxyl groups excluding tert-OH is 3. The van der Waals surface area contributed by atoms with Crippen molar-refractivity contribution in [2.24, 2.45) is 0 Å². The standard InChI is InChI=1S/C12H15N3O4/c1-6-7-2-3-8(15(7)14-5-13-6)12-11(18)10(17)9(4-16)19-12/h2-3,5,9-12,16-18H,4H2,1H3/t9-,10-,11-,12+/m1/s1. The van der Waals surface area contributed by atoms with Gasteiger partial charge in [-0.25, -0.2) is 9.50 Å². The number of rotatable bonds is 2. The zero-order chi connectivity index (χ0) is 13.6. The Morgan fingerprint density at radius 1 is 1.32 bits per heavy atom. The van der Waals surface area contributed by atoms with Gasteiger partial charge in [0.05, 0.1) is 23.5 Å². The Kier molecular flexibility index (Phi) is 2.98. The van der Waals surface area contributed by atoms with Crippen LogP contribution in [0.25, 0.3) is 5.52 Å². The van der Waals surface area contributed by atoms with Crippen molar-refractivity contribution in [2.45, 2.75) is 31.3 Å². The van der Waals surface area contributed by atoms with Gasteiger partial charge in [0.25, 0.3) is 0 Å². The zero-order valence-electron chi connectivity index (χ0n) is 10.3. The van der Waals surface area contributed by atoms with E-state index in [-0.39, 0.29) is 6.61 Å². The van der Waals surface area contributed by atoms with E-state index in [0.29, 0.717) is 5.69 Å². The zero-order valence-corrected chi connectivity index (χ0v) is 10.3. The number of ether oxygens (including phenoxy) is 1.